The number of carboxylic acids is 1. The normalized spacial score (nSPS) is 26.3. The molecule has 7 aliphatic carbocycles. The number of amides is 2. The van der Waals surface area contributed by atoms with Crippen molar-refractivity contribution in [2.75, 3.05) is 26.2 Å². The van der Waals surface area contributed by atoms with Crippen molar-refractivity contribution in [1.29, 1.82) is 0 Å². The van der Waals surface area contributed by atoms with E-state index in [9.17, 15) is 43.8 Å². The molecule has 24 heteroatoms. The van der Waals surface area contributed by atoms with Crippen molar-refractivity contribution in [2.24, 2.45) is 47.2 Å². The molecule has 0 aromatic heterocycles. The van der Waals surface area contributed by atoms with E-state index in [2.05, 4.69) is 76.2 Å². The second-order valence-electron chi connectivity index (χ2n) is 29.7. The number of carbonyl (C=O) groups is 7. The van der Waals surface area contributed by atoms with Crippen LogP contribution in [-0.4, -0.2) is 156 Å². The van der Waals surface area contributed by atoms with Crippen LogP contribution in [0.1, 0.15) is 167 Å². The van der Waals surface area contributed by atoms with E-state index < -0.39 is 32.5 Å². The summed E-state index contributed by atoms with van der Waals surface area (Å²) in [6.45, 7) is 12.4. The second-order valence-corrected chi connectivity index (χ2v) is 30.3. The SMILES string of the molecule is C.CC(C)(C)OC(=O)N1CC2CC(=O)CC1C2.NCc1ccccc1.O=C(NCc1ccccc1)C1CC=CC(O)C1.O=C(O)C1CC=CCC1.O=C1CC2CC(C1)N(Cc1ccccc1)C2.O=C1CC2CC(C1)N(Cl)C2.O=C1OC2C=CCC1C2.OC1C=CCC(CNCc2ccccc2)C1.[AlH3].[H-].[Li+].[O]=[Mn]=[O]. The Bertz CT molecular complexity index is 3500. The molecule has 0 spiro atoms. The zero-order valence-electron chi connectivity index (χ0n) is 62.6. The third-order valence-electron chi connectivity index (χ3n) is 19.9. The number of hydrogen-bond acceptors (Lipinski definition) is 17. The number of esters is 1. The van der Waals surface area contributed by atoms with Gasteiger partial charge in [-0.2, -0.15) is 0 Å². The molecule has 4 saturated heterocycles. The zero-order chi connectivity index (χ0) is 74.8. The number of rotatable bonds is 11. The van der Waals surface area contributed by atoms with Crippen molar-refractivity contribution in [2.45, 2.75) is 212 Å². The van der Waals surface area contributed by atoms with Crippen LogP contribution in [-0.2, 0) is 86.9 Å². The number of allylic oxidation sites excluding steroid dienone is 5. The van der Waals surface area contributed by atoms with E-state index in [1.807, 2.05) is 124 Å². The molecule has 4 aromatic carbocycles. The first-order valence-electron chi connectivity index (χ1n) is 36.9. The van der Waals surface area contributed by atoms with Gasteiger partial charge in [-0.15, -0.1) is 0 Å². The summed E-state index contributed by atoms with van der Waals surface area (Å²) in [5.41, 5.74) is 9.84. The van der Waals surface area contributed by atoms with E-state index in [1.54, 1.807) is 15.4 Å². The fourth-order valence-corrected chi connectivity index (χ4v) is 15.2. The topological polar surface area (TPSA) is 293 Å². The molecule has 13 atom stereocenters. The van der Waals surface area contributed by atoms with Crippen LogP contribution in [0.4, 0.5) is 4.79 Å². The number of aliphatic hydroxyl groups is 2. The van der Waals surface area contributed by atoms with Crippen molar-refractivity contribution in [3.05, 3.63) is 192 Å². The number of likely N-dealkylation sites (tertiary alicyclic amines) is 2. The van der Waals surface area contributed by atoms with Crippen LogP contribution in [0.5, 0.6) is 0 Å². The molecule has 3 saturated carbocycles. The number of nitrogens with two attached hydrogens (primary N) is 1. The number of benzene rings is 4. The molecule has 7 fully saturated rings. The number of nitrogens with one attached hydrogen (secondary N) is 2. The molecule has 581 valence electrons. The van der Waals surface area contributed by atoms with Crippen LogP contribution in [0, 0.1) is 41.4 Å². The van der Waals surface area contributed by atoms with Crippen molar-refractivity contribution < 1.29 is 101 Å². The Labute approximate surface area is 669 Å². The molecule has 4 aliphatic heterocycles. The summed E-state index contributed by atoms with van der Waals surface area (Å²) in [6, 6.07) is 41.7. The molecule has 0 radical (unpaired) electrons. The van der Waals surface area contributed by atoms with Crippen LogP contribution in [0.2, 0.25) is 0 Å². The van der Waals surface area contributed by atoms with Gasteiger partial charge in [-0.1, -0.05) is 171 Å². The predicted octanol–water partition coefficient (Wildman–Crippen LogP) is 8.92. The van der Waals surface area contributed by atoms with Crippen molar-refractivity contribution >= 4 is 70.4 Å². The predicted molar refractivity (Wildman–Crippen MR) is 412 cm³/mol. The number of carboxylic acid groups (broad SMARTS) is 1. The Hall–Kier alpha value is -6.17. The Morgan fingerprint density at radius 2 is 1.10 bits per heavy atom. The molecule has 4 heterocycles. The fourth-order valence-electron chi connectivity index (χ4n) is 14.8. The number of aliphatic hydroxyl groups excluding tert-OH is 2. The summed E-state index contributed by atoms with van der Waals surface area (Å²) in [5, 5.41) is 33.8. The van der Waals surface area contributed by atoms with Gasteiger partial charge in [0.1, 0.15) is 29.1 Å². The molecule has 4 aromatic rings. The van der Waals surface area contributed by atoms with Crippen molar-refractivity contribution in [3.63, 3.8) is 0 Å². The Morgan fingerprint density at radius 1 is 0.607 bits per heavy atom. The summed E-state index contributed by atoms with van der Waals surface area (Å²) in [6.07, 6.45) is 29.7. The first-order chi connectivity index (χ1) is 50.0. The van der Waals surface area contributed by atoms with E-state index in [0.717, 1.165) is 122 Å². The molecular weight excluding hydrogens is 1430 g/mol. The number of fused-ring (bicyclic) bond motifs is 8. The molecule has 7 N–H and O–H groups in total. The van der Waals surface area contributed by atoms with Crippen LogP contribution in [0.3, 0.4) is 0 Å². The average molecular weight is 1550 g/mol. The number of aliphatic carboxylic acids is 1. The van der Waals surface area contributed by atoms with Gasteiger partial charge in [0.05, 0.1) is 24.0 Å². The van der Waals surface area contributed by atoms with E-state index in [4.69, 9.17) is 39.8 Å². The van der Waals surface area contributed by atoms with Crippen molar-refractivity contribution in [3.8, 4) is 0 Å². The number of Topliss-reactive ketones (excluding diaryl/α,β-unsaturated/α-hetero) is 3. The summed E-state index contributed by atoms with van der Waals surface area (Å²) >= 11 is 4.42. The molecule has 8 bridgehead atoms. The first-order valence-corrected chi connectivity index (χ1v) is 38.2. The molecule has 11 aliphatic rings. The van der Waals surface area contributed by atoms with Gasteiger partial charge in [0.15, 0.2) is 17.4 Å². The summed E-state index contributed by atoms with van der Waals surface area (Å²) in [5.74, 6) is 2.60. The zero-order valence-corrected chi connectivity index (χ0v) is 63.5. The van der Waals surface area contributed by atoms with Crippen LogP contribution in [0.25, 0.3) is 0 Å². The van der Waals surface area contributed by atoms with Gasteiger partial charge in [0.2, 0.25) is 5.91 Å². The van der Waals surface area contributed by atoms with E-state index in [1.165, 1.54) is 23.1 Å². The molecular formula is C83H117AlClLiMnN6O14. The number of nitrogens with zero attached hydrogens (tertiary/aromatic N) is 3. The van der Waals surface area contributed by atoms with Crippen LogP contribution in [0.15, 0.2) is 170 Å². The van der Waals surface area contributed by atoms with Crippen LogP contribution < -0.4 is 35.2 Å². The van der Waals surface area contributed by atoms with Gasteiger partial charge >= 0.3 is 59.4 Å². The first kappa shape index (κ1) is 93.2. The maximum atomic E-state index is 11.9. The number of ether oxygens (including phenoxy) is 2. The van der Waals surface area contributed by atoms with Gasteiger partial charge < -0.3 is 47.5 Å². The van der Waals surface area contributed by atoms with E-state index in [-0.39, 0.29) is 105 Å². The summed E-state index contributed by atoms with van der Waals surface area (Å²) in [4.78, 5) is 83.0. The molecule has 107 heavy (non-hydrogen) atoms. The van der Waals surface area contributed by atoms with Gasteiger partial charge in [-0.05, 0) is 162 Å². The van der Waals surface area contributed by atoms with Gasteiger partial charge in [0, 0.05) is 115 Å². The van der Waals surface area contributed by atoms with Gasteiger partial charge in [0.25, 0.3) is 0 Å². The Balaban J connectivity index is 0.000000321. The molecule has 13 unspecified atom stereocenters. The number of ketones is 3. The minimum absolute atomic E-state index is 0. The van der Waals surface area contributed by atoms with Gasteiger partial charge in [-0.3, -0.25) is 33.7 Å². The standard InChI is InChI=1S/C14H17NO2.C14H17NO.C14H19NO.C12H19NO3.C7H10ClNO.C7H9N.C7H8O2.C7H10O2.CH4.Al.Li.Mn.2O.4H/c16-13-8-4-7-12(9-13)14(17)15-10-11-5-2-1-3-6-11;16-14-7-12-6-13(8-14)15(10-12)9-11-4-2-1-3-5-11;16-14-8-4-7-13(9-14)11-15-10-12-5-2-1-3-6-12;1-12(2,3)16-11(15)13-7-8-4-9(13)6-10(14)5-8;8-9-4-5-1-6(9)3-7(10)2-5;8-6-7-4-2-1-3-5-7;8-7-5-2-1-3-6(4-5)9-7;8-7(9)6-4-2-1-3-5-6;;;;;;;;;;/h1-6,8,12-13,16H,7,9-10H2,(H,15,17);1-5,12-13H,6-10H2;1-6,8,13-16H,7,9-11H2;8-9H,4-7H2,1-3H3;5-6H,1-4H2;1-5H,6,8H2;1,3,5-6H,2,4H2;1-2,6H,3-5H2,(H,8,9);1H4;;;;;;;;;/q;;;;;;;;;;+1;;;;;;;-1. The fraction of sp³-hybridized carbons (Fsp3) is 0.530. The van der Waals surface area contributed by atoms with Gasteiger partial charge in [-0.25, -0.2) is 9.21 Å². The Kier molecular flexibility index (Phi) is 43.4. The Morgan fingerprint density at radius 3 is 1.61 bits per heavy atom. The summed E-state index contributed by atoms with van der Waals surface area (Å²) in [7, 11) is 0. The molecule has 15 rings (SSSR count). The van der Waals surface area contributed by atoms with E-state index in [0.29, 0.717) is 92.6 Å². The quantitative estimate of drug-likeness (QED) is 0.0353. The van der Waals surface area contributed by atoms with Crippen LogP contribution >= 0.6 is 11.8 Å². The van der Waals surface area contributed by atoms with E-state index >= 15 is 0 Å². The number of halogens is 1. The summed E-state index contributed by atoms with van der Waals surface area (Å²) < 4.78 is 28.9. The third kappa shape index (κ3) is 34.7. The maximum absolute atomic E-state index is 11.9. The minimum atomic E-state index is -1.44. The molecule has 20 nitrogen and oxygen atoms in total. The third-order valence-corrected chi connectivity index (χ3v) is 20.3. The van der Waals surface area contributed by atoms with Crippen molar-refractivity contribution in [1.82, 2.24) is 24.9 Å². The second kappa shape index (κ2) is 49.9. The monoisotopic (exact) mass is 1550 g/mol. The average Bonchev–Trinajstić information content (AvgIpc) is 1.65. The molecule has 2 amide bonds. The number of hydrogen-bond donors (Lipinski definition) is 6. The number of carbonyl (C=O) groups excluding carboxylic acids is 6.